The summed E-state index contributed by atoms with van der Waals surface area (Å²) < 4.78 is 38.5. The molecule has 2 aromatic carbocycles. The number of sulfonamides is 1. The highest BCUT2D eigenvalue weighted by Gasteiger charge is 2.17. The molecule has 7 heteroatoms. The lowest BCUT2D eigenvalue weighted by molar-refractivity contribution is 0.259. The minimum Gasteiger partial charge on any atom is -0.497 e. The van der Waals surface area contributed by atoms with Gasteiger partial charge in [0.15, 0.2) is 0 Å². The Balaban J connectivity index is 1.87. The molecule has 1 heterocycles. The van der Waals surface area contributed by atoms with Crippen LogP contribution in [0.2, 0.25) is 0 Å². The first-order valence-electron chi connectivity index (χ1n) is 7.59. The number of nitrogens with one attached hydrogen (secondary N) is 1. The summed E-state index contributed by atoms with van der Waals surface area (Å²) in [7, 11) is -0.172. The Morgan fingerprint density at radius 2 is 2.04 bits per heavy atom. The van der Waals surface area contributed by atoms with Crippen LogP contribution in [0.25, 0.3) is 0 Å². The molecule has 1 aliphatic heterocycles. The maximum atomic E-state index is 12.6. The number of anilines is 1. The average molecular weight is 348 g/mol. The molecule has 0 radical (unpaired) electrons. The molecule has 128 valence electrons. The molecule has 0 fully saturated rings. The van der Waals surface area contributed by atoms with Crippen LogP contribution in [0.3, 0.4) is 0 Å². The molecule has 2 aromatic rings. The molecule has 0 atom stereocenters. The van der Waals surface area contributed by atoms with Gasteiger partial charge in [-0.2, -0.15) is 0 Å². The molecule has 1 N–H and O–H groups in total. The normalized spacial score (nSPS) is 15.1. The summed E-state index contributed by atoms with van der Waals surface area (Å²) in [5, 5.41) is 0. The van der Waals surface area contributed by atoms with Crippen molar-refractivity contribution in [2.75, 3.05) is 32.0 Å². The van der Waals surface area contributed by atoms with Gasteiger partial charge in [-0.15, -0.1) is 0 Å². The Kier molecular flexibility index (Phi) is 4.64. The van der Waals surface area contributed by atoms with E-state index >= 15 is 0 Å². The average Bonchev–Trinajstić information content (AvgIpc) is 2.74. The molecule has 0 aliphatic carbocycles. The van der Waals surface area contributed by atoms with Crippen LogP contribution in [-0.4, -0.2) is 40.6 Å². The van der Waals surface area contributed by atoms with Crippen molar-refractivity contribution in [1.29, 1.82) is 0 Å². The fraction of sp³-hybridized carbons (Fsp3) is 0.294. The Morgan fingerprint density at radius 3 is 2.83 bits per heavy atom. The van der Waals surface area contributed by atoms with E-state index in [9.17, 15) is 8.42 Å². The van der Waals surface area contributed by atoms with Gasteiger partial charge in [0, 0.05) is 30.4 Å². The number of methoxy groups -OCH3 is 1. The highest BCUT2D eigenvalue weighted by Crippen LogP contribution is 2.27. The molecule has 3 rings (SSSR count). The highest BCUT2D eigenvalue weighted by molar-refractivity contribution is 7.92. The van der Waals surface area contributed by atoms with Crippen LogP contribution in [0.4, 0.5) is 5.69 Å². The van der Waals surface area contributed by atoms with Gasteiger partial charge in [0.1, 0.15) is 18.1 Å². The predicted molar refractivity (Wildman–Crippen MR) is 92.1 cm³/mol. The van der Waals surface area contributed by atoms with E-state index in [0.717, 1.165) is 17.9 Å². The maximum Gasteiger partial charge on any atom is 0.262 e. The topological polar surface area (TPSA) is 67.9 Å². The summed E-state index contributed by atoms with van der Waals surface area (Å²) in [6.07, 6.45) is 0. The van der Waals surface area contributed by atoms with Crippen molar-refractivity contribution < 1.29 is 17.9 Å². The summed E-state index contributed by atoms with van der Waals surface area (Å²) in [5.41, 5.74) is 1.47. The predicted octanol–water partition coefficient (Wildman–Crippen LogP) is 2.32. The molecular formula is C17H20N2O4S. The first-order chi connectivity index (χ1) is 11.5. The molecule has 0 unspecified atom stereocenters. The van der Waals surface area contributed by atoms with Gasteiger partial charge in [-0.25, -0.2) is 8.42 Å². The van der Waals surface area contributed by atoms with Crippen LogP contribution in [0, 0.1) is 0 Å². The number of benzene rings is 2. The van der Waals surface area contributed by atoms with E-state index in [0.29, 0.717) is 24.6 Å². The first-order valence-corrected chi connectivity index (χ1v) is 9.07. The van der Waals surface area contributed by atoms with Gasteiger partial charge in [0.2, 0.25) is 0 Å². The van der Waals surface area contributed by atoms with Crippen molar-refractivity contribution in [3.05, 3.63) is 48.0 Å². The Bertz CT molecular complexity index is 836. The lowest BCUT2D eigenvalue weighted by Gasteiger charge is -2.14. The Labute approximate surface area is 142 Å². The Hall–Kier alpha value is -2.25. The van der Waals surface area contributed by atoms with Gasteiger partial charge < -0.3 is 9.47 Å². The number of hydrogen-bond acceptors (Lipinski definition) is 5. The second-order valence-corrected chi connectivity index (χ2v) is 7.38. The highest BCUT2D eigenvalue weighted by atomic mass is 32.2. The lowest BCUT2D eigenvalue weighted by Crippen LogP contribution is -2.20. The summed E-state index contributed by atoms with van der Waals surface area (Å²) >= 11 is 0. The van der Waals surface area contributed by atoms with Crippen LogP contribution in [0.5, 0.6) is 11.5 Å². The van der Waals surface area contributed by atoms with E-state index in [4.69, 9.17) is 9.47 Å². The molecule has 0 saturated carbocycles. The van der Waals surface area contributed by atoms with Crippen molar-refractivity contribution >= 4 is 15.7 Å². The van der Waals surface area contributed by atoms with E-state index in [1.807, 2.05) is 13.1 Å². The number of ether oxygens (including phenoxy) is 2. The van der Waals surface area contributed by atoms with Crippen molar-refractivity contribution in [2.45, 2.75) is 11.4 Å². The van der Waals surface area contributed by atoms with Gasteiger partial charge in [-0.1, -0.05) is 6.07 Å². The van der Waals surface area contributed by atoms with Gasteiger partial charge in [0.25, 0.3) is 10.0 Å². The van der Waals surface area contributed by atoms with Gasteiger partial charge >= 0.3 is 0 Å². The quantitative estimate of drug-likeness (QED) is 0.918. The Morgan fingerprint density at radius 1 is 1.21 bits per heavy atom. The van der Waals surface area contributed by atoms with Crippen LogP contribution >= 0.6 is 0 Å². The van der Waals surface area contributed by atoms with E-state index in [-0.39, 0.29) is 4.90 Å². The maximum absolute atomic E-state index is 12.6. The summed E-state index contributed by atoms with van der Waals surface area (Å²) in [6, 6.07) is 11.7. The van der Waals surface area contributed by atoms with Gasteiger partial charge in [-0.05, 0) is 37.4 Å². The third kappa shape index (κ3) is 3.63. The molecule has 0 aromatic heterocycles. The molecule has 24 heavy (non-hydrogen) atoms. The smallest absolute Gasteiger partial charge is 0.262 e. The van der Waals surface area contributed by atoms with Crippen molar-refractivity contribution in [3.63, 3.8) is 0 Å². The number of hydrogen-bond donors (Lipinski definition) is 1. The molecule has 0 amide bonds. The molecular weight excluding hydrogens is 328 g/mol. The molecule has 0 spiro atoms. The van der Waals surface area contributed by atoms with Crippen molar-refractivity contribution in [1.82, 2.24) is 4.90 Å². The molecule has 0 saturated heterocycles. The SMILES string of the molecule is COc1cccc(S(=O)(=O)Nc2ccc3c(c2)CN(C)CCO3)c1. The zero-order valence-corrected chi connectivity index (χ0v) is 14.5. The fourth-order valence-corrected chi connectivity index (χ4v) is 3.66. The zero-order valence-electron chi connectivity index (χ0n) is 13.7. The lowest BCUT2D eigenvalue weighted by atomic mass is 10.1. The number of likely N-dealkylation sites (N-methyl/N-ethyl adjacent to an activating group) is 1. The molecule has 0 bridgehead atoms. The van der Waals surface area contributed by atoms with E-state index in [1.165, 1.54) is 19.2 Å². The van der Waals surface area contributed by atoms with Crippen molar-refractivity contribution in [2.24, 2.45) is 0 Å². The van der Waals surface area contributed by atoms with Gasteiger partial charge in [0.05, 0.1) is 12.0 Å². The first kappa shape index (κ1) is 16.6. The fourth-order valence-electron chi connectivity index (χ4n) is 2.57. The van der Waals surface area contributed by atoms with Crippen LogP contribution < -0.4 is 14.2 Å². The third-order valence-corrected chi connectivity index (χ3v) is 5.21. The van der Waals surface area contributed by atoms with Gasteiger partial charge in [-0.3, -0.25) is 9.62 Å². The van der Waals surface area contributed by atoms with E-state index in [2.05, 4.69) is 9.62 Å². The standard InChI is InChI=1S/C17H20N2O4S/c1-19-8-9-23-17-7-6-14(10-13(17)12-19)18-24(20,21)16-5-3-4-15(11-16)22-2/h3-7,10-11,18H,8-9,12H2,1-2H3. The van der Waals surface area contributed by atoms with Crippen LogP contribution in [0.15, 0.2) is 47.4 Å². The number of nitrogens with zero attached hydrogens (tertiary/aromatic N) is 1. The van der Waals surface area contributed by atoms with E-state index < -0.39 is 10.0 Å². The summed E-state index contributed by atoms with van der Waals surface area (Å²) in [6.45, 7) is 2.17. The third-order valence-electron chi connectivity index (χ3n) is 3.84. The van der Waals surface area contributed by atoms with Crippen molar-refractivity contribution in [3.8, 4) is 11.5 Å². The number of fused-ring (bicyclic) bond motifs is 1. The van der Waals surface area contributed by atoms with Crippen LogP contribution in [0.1, 0.15) is 5.56 Å². The zero-order chi connectivity index (χ0) is 17.2. The monoisotopic (exact) mass is 348 g/mol. The van der Waals surface area contributed by atoms with E-state index in [1.54, 1.807) is 24.3 Å². The van der Waals surface area contributed by atoms with Crippen LogP contribution in [-0.2, 0) is 16.6 Å². The summed E-state index contributed by atoms with van der Waals surface area (Å²) in [5.74, 6) is 1.29. The number of rotatable bonds is 4. The minimum atomic E-state index is -3.68. The molecule has 1 aliphatic rings. The summed E-state index contributed by atoms with van der Waals surface area (Å²) in [4.78, 5) is 2.29. The second kappa shape index (κ2) is 6.70. The largest absolute Gasteiger partial charge is 0.497 e. The minimum absolute atomic E-state index is 0.158. The second-order valence-electron chi connectivity index (χ2n) is 5.69. The molecule has 6 nitrogen and oxygen atoms in total.